The lowest BCUT2D eigenvalue weighted by Gasteiger charge is -2.04. The summed E-state index contributed by atoms with van der Waals surface area (Å²) in [6, 6.07) is 3.85. The van der Waals surface area contributed by atoms with Crippen molar-refractivity contribution in [1.29, 1.82) is 5.26 Å². The maximum Gasteiger partial charge on any atom is 0.139 e. The molecule has 3 heteroatoms. The van der Waals surface area contributed by atoms with Gasteiger partial charge in [0.15, 0.2) is 0 Å². The lowest BCUT2D eigenvalue weighted by molar-refractivity contribution is 0.526. The van der Waals surface area contributed by atoms with Crippen LogP contribution in [0.2, 0.25) is 0 Å². The molecule has 0 aliphatic carbocycles. The van der Waals surface area contributed by atoms with Crippen LogP contribution in [0.5, 0.6) is 0 Å². The number of hydrogen-bond donors (Lipinski definition) is 0. The van der Waals surface area contributed by atoms with Crippen LogP contribution in [0.3, 0.4) is 0 Å². The summed E-state index contributed by atoms with van der Waals surface area (Å²) in [6.07, 6.45) is 2.62. The van der Waals surface area contributed by atoms with Gasteiger partial charge in [0, 0.05) is 12.1 Å². The van der Waals surface area contributed by atoms with Crippen LogP contribution in [-0.4, -0.2) is 9.78 Å². The van der Waals surface area contributed by atoms with Crippen molar-refractivity contribution in [1.82, 2.24) is 9.78 Å². The Kier molecular flexibility index (Phi) is 1.72. The average molecular weight is 134 g/mol. The summed E-state index contributed by atoms with van der Waals surface area (Å²) < 4.78 is 1.64. The number of nitrogens with zero attached hydrogens (tertiary/aromatic N) is 3. The van der Waals surface area contributed by atoms with Crippen LogP contribution in [0.15, 0.2) is 6.07 Å². The van der Waals surface area contributed by atoms with Crippen LogP contribution in [0.25, 0.3) is 0 Å². The van der Waals surface area contributed by atoms with Gasteiger partial charge in [0.05, 0.1) is 0 Å². The molecule has 51 valence electrons. The highest BCUT2D eigenvalue weighted by molar-refractivity contribution is 5.18. The molecule has 1 rings (SSSR count). The molecule has 1 heterocycles. The molecular formula is C7H8N3. The summed E-state index contributed by atoms with van der Waals surface area (Å²) in [5.74, 6) is 0. The highest BCUT2D eigenvalue weighted by atomic mass is 15.3. The molecule has 0 fully saturated rings. The fourth-order valence-corrected chi connectivity index (χ4v) is 0.749. The zero-order valence-electron chi connectivity index (χ0n) is 6.00. The maximum atomic E-state index is 8.53. The lowest BCUT2D eigenvalue weighted by atomic mass is 10.4. The van der Waals surface area contributed by atoms with Crippen molar-refractivity contribution in [3.63, 3.8) is 0 Å². The molecule has 3 nitrogen and oxygen atoms in total. The van der Waals surface area contributed by atoms with E-state index < -0.39 is 0 Å². The summed E-state index contributed by atoms with van der Waals surface area (Å²) in [5, 5.41) is 12.4. The van der Waals surface area contributed by atoms with E-state index in [9.17, 15) is 0 Å². The van der Waals surface area contributed by atoms with Crippen molar-refractivity contribution in [2.24, 2.45) is 0 Å². The predicted molar refractivity (Wildman–Crippen MR) is 36.2 cm³/mol. The van der Waals surface area contributed by atoms with Crippen LogP contribution >= 0.6 is 0 Å². The normalized spacial score (nSPS) is 9.80. The van der Waals surface area contributed by atoms with Crippen molar-refractivity contribution in [2.75, 3.05) is 0 Å². The molecule has 1 aromatic rings. The molecule has 0 atom stereocenters. The molecule has 1 aromatic heterocycles. The molecule has 0 aliphatic rings. The zero-order valence-corrected chi connectivity index (χ0v) is 6.00. The van der Waals surface area contributed by atoms with Gasteiger partial charge < -0.3 is 0 Å². The fourth-order valence-electron chi connectivity index (χ4n) is 0.749. The van der Waals surface area contributed by atoms with Crippen LogP contribution in [-0.2, 0) is 0 Å². The van der Waals surface area contributed by atoms with Crippen LogP contribution in [0, 0.1) is 17.5 Å². The third kappa shape index (κ3) is 1.01. The van der Waals surface area contributed by atoms with E-state index in [-0.39, 0.29) is 6.04 Å². The zero-order chi connectivity index (χ0) is 7.56. The van der Waals surface area contributed by atoms with E-state index in [1.807, 2.05) is 19.9 Å². The van der Waals surface area contributed by atoms with Crippen LogP contribution < -0.4 is 0 Å². The first-order valence-electron chi connectivity index (χ1n) is 3.11. The van der Waals surface area contributed by atoms with E-state index in [4.69, 9.17) is 5.26 Å². The van der Waals surface area contributed by atoms with Crippen molar-refractivity contribution < 1.29 is 0 Å². The number of aromatic nitrogens is 2. The Morgan fingerprint density at radius 1 is 1.80 bits per heavy atom. The molecule has 0 spiro atoms. The Labute approximate surface area is 59.9 Å². The van der Waals surface area contributed by atoms with Gasteiger partial charge >= 0.3 is 0 Å². The third-order valence-electron chi connectivity index (χ3n) is 1.22. The van der Waals surface area contributed by atoms with E-state index in [0.717, 1.165) is 0 Å². The number of hydrogen-bond acceptors (Lipinski definition) is 2. The molecule has 0 amide bonds. The van der Waals surface area contributed by atoms with E-state index >= 15 is 0 Å². The Balaban J connectivity index is 3.05. The van der Waals surface area contributed by atoms with Crippen LogP contribution in [0.4, 0.5) is 0 Å². The number of rotatable bonds is 1. The maximum absolute atomic E-state index is 8.53. The summed E-state index contributed by atoms with van der Waals surface area (Å²) in [6.45, 7) is 3.95. The van der Waals surface area contributed by atoms with Gasteiger partial charge in [0.2, 0.25) is 0 Å². The first kappa shape index (κ1) is 6.81. The van der Waals surface area contributed by atoms with Gasteiger partial charge in [-0.1, -0.05) is 0 Å². The standard InChI is InChI=1S/C7H8N3/c1-6(2)10-7(5-8)3-4-9-10/h3,6H,1-2H3. The van der Waals surface area contributed by atoms with E-state index in [1.54, 1.807) is 10.7 Å². The molecule has 1 radical (unpaired) electrons. The summed E-state index contributed by atoms with van der Waals surface area (Å²) >= 11 is 0. The molecule has 0 aromatic carbocycles. The van der Waals surface area contributed by atoms with Gasteiger partial charge in [-0.15, -0.1) is 0 Å². The van der Waals surface area contributed by atoms with Gasteiger partial charge in [-0.3, -0.25) is 4.68 Å². The monoisotopic (exact) mass is 134 g/mol. The molecule has 10 heavy (non-hydrogen) atoms. The Bertz CT molecular complexity index is 254. The highest BCUT2D eigenvalue weighted by Crippen LogP contribution is 2.04. The molecular weight excluding hydrogens is 126 g/mol. The van der Waals surface area contributed by atoms with Gasteiger partial charge in [0.25, 0.3) is 0 Å². The molecule has 0 unspecified atom stereocenters. The van der Waals surface area contributed by atoms with Crippen molar-refractivity contribution in [2.45, 2.75) is 19.9 Å². The van der Waals surface area contributed by atoms with E-state index in [2.05, 4.69) is 11.3 Å². The topological polar surface area (TPSA) is 41.6 Å². The first-order chi connectivity index (χ1) is 4.75. The second kappa shape index (κ2) is 2.53. The largest absolute Gasteiger partial charge is 0.252 e. The van der Waals surface area contributed by atoms with E-state index in [1.165, 1.54) is 0 Å². The molecule has 0 N–H and O–H groups in total. The Morgan fingerprint density at radius 3 is 2.90 bits per heavy atom. The molecule has 0 saturated carbocycles. The van der Waals surface area contributed by atoms with Gasteiger partial charge in [0.1, 0.15) is 18.0 Å². The lowest BCUT2D eigenvalue weighted by Crippen LogP contribution is -2.04. The minimum atomic E-state index is 0.237. The minimum absolute atomic E-state index is 0.237. The van der Waals surface area contributed by atoms with Crippen LogP contribution in [0.1, 0.15) is 25.6 Å². The summed E-state index contributed by atoms with van der Waals surface area (Å²) in [4.78, 5) is 0. The second-order valence-corrected chi connectivity index (χ2v) is 2.31. The Hall–Kier alpha value is -1.30. The van der Waals surface area contributed by atoms with Gasteiger partial charge in [-0.2, -0.15) is 10.4 Å². The van der Waals surface area contributed by atoms with E-state index in [0.29, 0.717) is 5.69 Å². The molecule has 0 saturated heterocycles. The summed E-state index contributed by atoms with van der Waals surface area (Å²) in [7, 11) is 0. The predicted octanol–water partition coefficient (Wildman–Crippen LogP) is 1.14. The fraction of sp³-hybridized carbons (Fsp3) is 0.429. The van der Waals surface area contributed by atoms with Crippen molar-refractivity contribution in [3.8, 4) is 6.07 Å². The quantitative estimate of drug-likeness (QED) is 0.577. The second-order valence-electron chi connectivity index (χ2n) is 2.31. The summed E-state index contributed by atoms with van der Waals surface area (Å²) in [5.41, 5.74) is 0.565. The number of nitriles is 1. The smallest absolute Gasteiger partial charge is 0.139 e. The minimum Gasteiger partial charge on any atom is -0.252 e. The molecule has 0 bridgehead atoms. The van der Waals surface area contributed by atoms with Crippen molar-refractivity contribution in [3.05, 3.63) is 18.0 Å². The Morgan fingerprint density at radius 2 is 2.50 bits per heavy atom. The average Bonchev–Trinajstić information content (AvgIpc) is 2.33. The SMILES string of the molecule is CC(C)n1n[c]cc1C#N. The molecule has 0 aliphatic heterocycles. The third-order valence-corrected chi connectivity index (χ3v) is 1.22. The van der Waals surface area contributed by atoms with Gasteiger partial charge in [-0.05, 0) is 13.8 Å². The first-order valence-corrected chi connectivity index (χ1v) is 3.11. The highest BCUT2D eigenvalue weighted by Gasteiger charge is 2.03. The van der Waals surface area contributed by atoms with Gasteiger partial charge in [-0.25, -0.2) is 0 Å². The van der Waals surface area contributed by atoms with Crippen molar-refractivity contribution >= 4 is 0 Å².